The summed E-state index contributed by atoms with van der Waals surface area (Å²) in [7, 11) is 0.804. The van der Waals surface area contributed by atoms with Gasteiger partial charge in [0.2, 0.25) is 5.95 Å². The van der Waals surface area contributed by atoms with Crippen molar-refractivity contribution in [3.05, 3.63) is 61.3 Å². The van der Waals surface area contributed by atoms with Crippen LogP contribution in [0.3, 0.4) is 0 Å². The third-order valence-electron chi connectivity index (χ3n) is 8.98. The number of aromatic nitrogens is 7. The van der Waals surface area contributed by atoms with Gasteiger partial charge in [0.25, 0.3) is 0 Å². The van der Waals surface area contributed by atoms with Gasteiger partial charge in [0.15, 0.2) is 0 Å². The third kappa shape index (κ3) is 5.35. The van der Waals surface area contributed by atoms with Crippen LogP contribution in [0.4, 0.5) is 28.8 Å². The second-order valence-electron chi connectivity index (χ2n) is 12.6. The van der Waals surface area contributed by atoms with Crippen molar-refractivity contribution in [2.45, 2.75) is 0 Å². The zero-order valence-electron chi connectivity index (χ0n) is 26.6. The number of hydrogen-bond acceptors (Lipinski definition) is 11. The SMILES string of the molecule is COc1cc(N2C[C@H]3COC[C@H]3C2)c(-c2cnn(C)c2)cc1Nc1nc(Nc2ccc3nccnc3c2P(C)(C)=O)c2cc[nH]c2n1. The van der Waals surface area contributed by atoms with Crippen molar-refractivity contribution in [1.82, 2.24) is 34.7 Å². The number of nitrogens with one attached hydrogen (secondary N) is 3. The molecule has 2 atom stereocenters. The Balaban J connectivity index is 1.20. The number of hydrogen-bond donors (Lipinski definition) is 3. The van der Waals surface area contributed by atoms with Crippen LogP contribution in [0, 0.1) is 11.8 Å². The predicted molar refractivity (Wildman–Crippen MR) is 184 cm³/mol. The first-order valence-corrected chi connectivity index (χ1v) is 18.1. The predicted octanol–water partition coefficient (Wildman–Crippen LogP) is 5.13. The Morgan fingerprint density at radius 3 is 2.57 bits per heavy atom. The minimum absolute atomic E-state index is 0.358. The molecule has 4 aromatic heterocycles. The lowest BCUT2D eigenvalue weighted by molar-refractivity contribution is 0.177. The van der Waals surface area contributed by atoms with E-state index in [1.54, 1.807) is 37.5 Å². The minimum atomic E-state index is -2.78. The molecule has 8 rings (SSSR count). The van der Waals surface area contributed by atoms with Gasteiger partial charge in [0, 0.05) is 79.6 Å². The summed E-state index contributed by atoms with van der Waals surface area (Å²) in [5.41, 5.74) is 6.41. The van der Waals surface area contributed by atoms with Crippen molar-refractivity contribution in [1.29, 1.82) is 0 Å². The van der Waals surface area contributed by atoms with Crippen molar-refractivity contribution in [3.63, 3.8) is 0 Å². The van der Waals surface area contributed by atoms with Crippen LogP contribution in [-0.4, -0.2) is 81.4 Å². The van der Waals surface area contributed by atoms with Gasteiger partial charge in [-0.25, -0.2) is 0 Å². The number of nitrogens with zero attached hydrogens (tertiary/aromatic N) is 7. The van der Waals surface area contributed by atoms with Crippen LogP contribution in [0.2, 0.25) is 0 Å². The van der Waals surface area contributed by atoms with E-state index in [0.29, 0.717) is 62.7 Å². The number of H-pyrrole nitrogens is 1. The summed E-state index contributed by atoms with van der Waals surface area (Å²) in [6.45, 7) is 6.94. The maximum atomic E-state index is 13.6. The van der Waals surface area contributed by atoms with E-state index in [2.05, 4.69) is 47.7 Å². The fourth-order valence-electron chi connectivity index (χ4n) is 6.78. The molecule has 2 aliphatic rings. The molecule has 0 amide bonds. The van der Waals surface area contributed by atoms with E-state index >= 15 is 0 Å². The fraction of sp³-hybridized carbons (Fsp3) is 0.303. The average molecular weight is 651 g/mol. The highest BCUT2D eigenvalue weighted by Gasteiger charge is 2.38. The lowest BCUT2D eigenvalue weighted by atomic mass is 10.0. The van der Waals surface area contributed by atoms with Gasteiger partial charge in [-0.2, -0.15) is 15.1 Å². The Hall–Kier alpha value is -5.00. The van der Waals surface area contributed by atoms with E-state index in [9.17, 15) is 4.57 Å². The van der Waals surface area contributed by atoms with Crippen molar-refractivity contribution in [2.75, 3.05) is 62.3 Å². The molecule has 0 unspecified atom stereocenters. The molecule has 13 nitrogen and oxygen atoms in total. The first-order valence-electron chi connectivity index (χ1n) is 15.5. The van der Waals surface area contributed by atoms with Crippen LogP contribution >= 0.6 is 7.14 Å². The van der Waals surface area contributed by atoms with E-state index < -0.39 is 7.14 Å². The van der Waals surface area contributed by atoms with Gasteiger partial charge in [-0.15, -0.1) is 0 Å². The number of aromatic amines is 1. The number of rotatable bonds is 8. The fourth-order valence-corrected chi connectivity index (χ4v) is 8.17. The Kier molecular flexibility index (Phi) is 7.11. The molecule has 2 aromatic carbocycles. The van der Waals surface area contributed by atoms with Crippen LogP contribution in [0.15, 0.2) is 61.3 Å². The largest absolute Gasteiger partial charge is 0.494 e. The maximum absolute atomic E-state index is 13.6. The van der Waals surface area contributed by atoms with Crippen molar-refractivity contribution in [2.24, 2.45) is 18.9 Å². The molecule has 0 saturated carbocycles. The first-order chi connectivity index (χ1) is 22.7. The second-order valence-corrected chi connectivity index (χ2v) is 15.7. The summed E-state index contributed by atoms with van der Waals surface area (Å²) in [6, 6.07) is 9.81. The van der Waals surface area contributed by atoms with Crippen LogP contribution < -0.4 is 25.6 Å². The zero-order valence-corrected chi connectivity index (χ0v) is 27.5. The molecular formula is C33H35N10O3P. The number of fused-ring (bicyclic) bond motifs is 3. The molecular weight excluding hydrogens is 615 g/mol. The summed E-state index contributed by atoms with van der Waals surface area (Å²) < 4.78 is 27.1. The summed E-state index contributed by atoms with van der Waals surface area (Å²) in [4.78, 5) is 24.3. The van der Waals surface area contributed by atoms with Gasteiger partial charge < -0.3 is 34.6 Å². The van der Waals surface area contributed by atoms with Gasteiger partial charge >= 0.3 is 0 Å². The Morgan fingerprint density at radius 2 is 1.83 bits per heavy atom. The van der Waals surface area contributed by atoms with Crippen molar-refractivity contribution in [3.8, 4) is 16.9 Å². The van der Waals surface area contributed by atoms with E-state index in [0.717, 1.165) is 48.5 Å². The highest BCUT2D eigenvalue weighted by Crippen LogP contribution is 2.44. The normalized spacial score (nSPS) is 17.8. The highest BCUT2D eigenvalue weighted by atomic mass is 31.2. The van der Waals surface area contributed by atoms with Gasteiger partial charge in [-0.1, -0.05) is 0 Å². The number of methoxy groups -OCH3 is 1. The quantitative estimate of drug-likeness (QED) is 0.188. The van der Waals surface area contributed by atoms with Gasteiger partial charge in [0.05, 0.1) is 54.1 Å². The maximum Gasteiger partial charge on any atom is 0.231 e. The molecule has 0 bridgehead atoms. The lowest BCUT2D eigenvalue weighted by Gasteiger charge is -2.25. The minimum Gasteiger partial charge on any atom is -0.494 e. The molecule has 2 saturated heterocycles. The molecule has 0 spiro atoms. The standard InChI is InChI=1S/C33H35N10O3P/c1-42-14-19(13-37-42)23-11-26(28(45-2)12-27(23)43-15-20-17-46-18-21(20)16-43)39-33-40-31-22(7-8-36-31)32(41-33)38-25-6-5-24-29(35-10-9-34-24)30(25)47(3,4)44/h5-14,20-21H,15-18H2,1-4H3,(H3,36,38,39,40,41)/t20-,21+. The Bertz CT molecular complexity index is 2180. The topological polar surface area (TPSA) is 148 Å². The number of aryl methyl sites for hydroxylation is 1. The first kappa shape index (κ1) is 29.4. The van der Waals surface area contributed by atoms with Crippen molar-refractivity contribution < 1.29 is 14.0 Å². The van der Waals surface area contributed by atoms with E-state index in [1.165, 1.54) is 0 Å². The Labute approximate surface area is 271 Å². The van der Waals surface area contributed by atoms with Crippen LogP contribution in [0.25, 0.3) is 33.2 Å². The molecule has 14 heteroatoms. The summed E-state index contributed by atoms with van der Waals surface area (Å²) >= 11 is 0. The summed E-state index contributed by atoms with van der Waals surface area (Å²) in [5.74, 6) is 2.62. The summed E-state index contributed by atoms with van der Waals surface area (Å²) in [6.07, 6.45) is 8.96. The molecule has 240 valence electrons. The van der Waals surface area contributed by atoms with Gasteiger partial charge in [-0.3, -0.25) is 14.6 Å². The number of benzene rings is 2. The summed E-state index contributed by atoms with van der Waals surface area (Å²) in [5, 5.41) is 12.7. The van der Waals surface area contributed by atoms with Crippen molar-refractivity contribution >= 4 is 63.3 Å². The third-order valence-corrected chi connectivity index (χ3v) is 10.5. The van der Waals surface area contributed by atoms with E-state index in [-0.39, 0.29) is 0 Å². The Morgan fingerprint density at radius 1 is 1.02 bits per heavy atom. The molecule has 3 N–H and O–H groups in total. The molecule has 0 aliphatic carbocycles. The van der Waals surface area contributed by atoms with Crippen LogP contribution in [-0.2, 0) is 16.3 Å². The molecule has 2 aliphatic heterocycles. The average Bonchev–Trinajstić information content (AvgIpc) is 3.85. The van der Waals surface area contributed by atoms with Crippen LogP contribution in [0.5, 0.6) is 5.75 Å². The molecule has 6 aromatic rings. The zero-order chi connectivity index (χ0) is 32.3. The molecule has 2 fully saturated rings. The number of ether oxygens (including phenoxy) is 2. The molecule has 0 radical (unpaired) electrons. The molecule has 6 heterocycles. The monoisotopic (exact) mass is 650 g/mol. The van der Waals surface area contributed by atoms with Gasteiger partial charge in [0.1, 0.15) is 29.9 Å². The highest BCUT2D eigenvalue weighted by molar-refractivity contribution is 7.71. The van der Waals surface area contributed by atoms with E-state index in [1.807, 2.05) is 43.8 Å². The van der Waals surface area contributed by atoms with Crippen LogP contribution in [0.1, 0.15) is 0 Å². The molecule has 47 heavy (non-hydrogen) atoms. The van der Waals surface area contributed by atoms with Gasteiger partial charge in [-0.05, 0) is 37.6 Å². The number of anilines is 5. The second kappa shape index (κ2) is 11.4. The smallest absolute Gasteiger partial charge is 0.231 e. The van der Waals surface area contributed by atoms with E-state index in [4.69, 9.17) is 19.4 Å². The lowest BCUT2D eigenvalue weighted by Crippen LogP contribution is -2.23.